The monoisotopic (exact) mass is 513 g/mol. The predicted octanol–water partition coefficient (Wildman–Crippen LogP) is 3.90. The van der Waals surface area contributed by atoms with E-state index >= 15 is 0 Å². The van der Waals surface area contributed by atoms with E-state index in [1.54, 1.807) is 48.5 Å². The Morgan fingerprint density at radius 2 is 1.71 bits per heavy atom. The summed E-state index contributed by atoms with van der Waals surface area (Å²) >= 11 is 0. The third kappa shape index (κ3) is 8.15. The van der Waals surface area contributed by atoms with E-state index in [0.29, 0.717) is 18.0 Å². The number of amides is 1. The summed E-state index contributed by atoms with van der Waals surface area (Å²) in [5, 5.41) is 0. The molecule has 0 aliphatic carbocycles. The Hall–Kier alpha value is -3.30. The van der Waals surface area contributed by atoms with Crippen LogP contribution in [0.5, 0.6) is 0 Å². The maximum Gasteiger partial charge on any atom is 0.259 e. The number of benzene rings is 2. The molecular formula is C26H32N4O4S. The van der Waals surface area contributed by atoms with Gasteiger partial charge in [-0.2, -0.15) is 0 Å². The van der Waals surface area contributed by atoms with Gasteiger partial charge in [0.1, 0.15) is 12.4 Å². The molecular weight excluding hydrogens is 464 g/mol. The molecule has 1 N–H and O–H groups in total. The van der Waals surface area contributed by atoms with E-state index in [4.69, 9.17) is 23.3 Å². The van der Waals surface area contributed by atoms with Gasteiger partial charge in [0.2, 0.25) is 10.0 Å². The smallest absolute Gasteiger partial charge is 0.259 e. The van der Waals surface area contributed by atoms with Crippen molar-refractivity contribution in [2.75, 3.05) is 30.8 Å². The Balaban J connectivity index is 2.40. The van der Waals surface area contributed by atoms with Crippen molar-refractivity contribution in [1.29, 1.82) is 0 Å². The van der Waals surface area contributed by atoms with E-state index in [1.165, 1.54) is 12.1 Å². The first kappa shape index (κ1) is 11.6. The molecule has 3 aromatic rings. The summed E-state index contributed by atoms with van der Waals surface area (Å²) in [7, 11) is -4.50. The zero-order chi connectivity index (χ0) is 40.1. The molecule has 0 saturated heterocycles. The standard InChI is InChI=1S/C26H32N4O4S/c1-20(2)30(16-10-11-17-34-19-24(31)29-35(3,32)33)23-18-27-25(21-12-6-4-7-13-21)26(28-23)22-14-8-5-9-15-22/h4-9,12-15,18,20H,10-11,16-17,19H2,1-3H3,(H,29,31)/i1D3,2D3,10D2,11D2,16D2,17D2,19D2,20D. The average molecular weight is 514 g/mol. The summed E-state index contributed by atoms with van der Waals surface area (Å²) in [4.78, 5) is 20.3. The normalized spacial score (nSPS) is 21.7. The van der Waals surface area contributed by atoms with Crippen LogP contribution >= 0.6 is 0 Å². The Morgan fingerprint density at radius 1 is 1.09 bits per heavy atom. The second-order valence-electron chi connectivity index (χ2n) is 6.71. The van der Waals surface area contributed by atoms with Crippen LogP contribution in [-0.2, 0) is 19.6 Å². The molecule has 0 unspecified atom stereocenters. The number of aromatic nitrogens is 2. The second-order valence-corrected chi connectivity index (χ2v) is 8.46. The van der Waals surface area contributed by atoms with E-state index < -0.39 is 78.7 Å². The van der Waals surface area contributed by atoms with Crippen LogP contribution in [-0.4, -0.2) is 56.2 Å². The number of hydrogen-bond donors (Lipinski definition) is 1. The first-order valence-corrected chi connectivity index (χ1v) is 11.7. The number of rotatable bonds is 12. The van der Waals surface area contributed by atoms with Crippen molar-refractivity contribution in [2.45, 2.75) is 32.5 Å². The first-order chi connectivity index (χ1) is 23.3. The van der Waals surface area contributed by atoms with Crippen LogP contribution in [0.15, 0.2) is 66.9 Å². The molecule has 0 aliphatic rings. The van der Waals surface area contributed by atoms with Crippen molar-refractivity contribution >= 4 is 21.7 Å². The van der Waals surface area contributed by atoms with E-state index in [1.807, 2.05) is 0 Å². The van der Waals surface area contributed by atoms with Crippen molar-refractivity contribution in [1.82, 2.24) is 14.7 Å². The maximum atomic E-state index is 12.2. The summed E-state index contributed by atoms with van der Waals surface area (Å²) in [5.41, 5.74) is 0.570. The van der Waals surface area contributed by atoms with E-state index in [2.05, 4.69) is 14.7 Å². The molecule has 1 aromatic heterocycles. The lowest BCUT2D eigenvalue weighted by Gasteiger charge is -2.28. The van der Waals surface area contributed by atoms with Gasteiger partial charge < -0.3 is 9.64 Å². The molecule has 9 heteroatoms. The third-order valence-electron chi connectivity index (χ3n) is 4.06. The molecule has 0 bridgehead atoms. The maximum absolute atomic E-state index is 12.2. The summed E-state index contributed by atoms with van der Waals surface area (Å²) in [6.45, 7) is -21.1. The van der Waals surface area contributed by atoms with Crippen molar-refractivity contribution in [3.05, 3.63) is 66.9 Å². The summed E-state index contributed by atoms with van der Waals surface area (Å²) in [6.07, 6.45) is -8.07. The lowest BCUT2D eigenvalue weighted by atomic mass is 10.0. The molecule has 8 nitrogen and oxygen atoms in total. The number of anilines is 1. The highest BCUT2D eigenvalue weighted by Crippen LogP contribution is 2.30. The fourth-order valence-corrected chi connectivity index (χ4v) is 3.09. The van der Waals surface area contributed by atoms with Crippen LogP contribution in [0.25, 0.3) is 22.5 Å². The Kier molecular flexibility index (Phi) is 4.12. The van der Waals surface area contributed by atoms with Crippen LogP contribution in [0.3, 0.4) is 0 Å². The van der Waals surface area contributed by atoms with Crippen molar-refractivity contribution in [3.63, 3.8) is 0 Å². The zero-order valence-corrected chi connectivity index (χ0v) is 19.1. The first-order valence-electron chi connectivity index (χ1n) is 18.3. The number of nitrogens with zero attached hydrogens (tertiary/aromatic N) is 3. The molecule has 1 amide bonds. The topological polar surface area (TPSA) is 101 Å². The second kappa shape index (κ2) is 12.4. The van der Waals surface area contributed by atoms with Gasteiger partial charge in [-0.25, -0.2) is 13.4 Å². The minimum Gasteiger partial charge on any atom is -0.372 e. The van der Waals surface area contributed by atoms with Gasteiger partial charge in [0.25, 0.3) is 5.91 Å². The molecule has 0 radical (unpaired) electrons. The van der Waals surface area contributed by atoms with Crippen LogP contribution in [0.4, 0.5) is 5.82 Å². The number of carbonyl (C=O) groups excluding carboxylic acids is 1. The Labute approximate surface area is 231 Å². The SMILES string of the molecule is [2H]C([2H])(OC([2H])([2H])C([2H])([2H])C([2H])([2H])C([2H])([2H])N(c1cnc(-c2ccccc2)c(-c2ccccc2)n1)C([2H])(C([2H])([2H])[2H])C([2H])([2H])[2H])C(=O)NS(C)(=O)=O. The van der Waals surface area contributed by atoms with Gasteiger partial charge in [0.15, 0.2) is 0 Å². The summed E-state index contributed by atoms with van der Waals surface area (Å²) < 4.78 is 169. The van der Waals surface area contributed by atoms with Gasteiger partial charge in [0.05, 0.1) is 30.7 Å². The number of ether oxygens (including phenoxy) is 1. The predicted molar refractivity (Wildman–Crippen MR) is 138 cm³/mol. The minimum atomic E-state index is -4.57. The van der Waals surface area contributed by atoms with Crippen molar-refractivity contribution in [3.8, 4) is 22.5 Å². The molecule has 0 saturated carbocycles. The lowest BCUT2D eigenvalue weighted by molar-refractivity contribution is -0.123. The number of carbonyl (C=O) groups is 1. The van der Waals surface area contributed by atoms with Gasteiger partial charge in [-0.1, -0.05) is 60.7 Å². The Bertz CT molecular complexity index is 1860. The fourth-order valence-electron chi connectivity index (χ4n) is 2.72. The number of hydrogen-bond acceptors (Lipinski definition) is 7. The van der Waals surface area contributed by atoms with Crippen molar-refractivity contribution < 1.29 is 41.3 Å². The lowest BCUT2D eigenvalue weighted by Crippen LogP contribution is -2.33. The van der Waals surface area contributed by atoms with Crippen LogP contribution in [0, 0.1) is 0 Å². The summed E-state index contributed by atoms with van der Waals surface area (Å²) in [5.74, 6) is -3.31. The van der Waals surface area contributed by atoms with Gasteiger partial charge in [0, 0.05) is 46.6 Å². The van der Waals surface area contributed by atoms with E-state index in [9.17, 15) is 13.2 Å². The van der Waals surface area contributed by atoms with Crippen molar-refractivity contribution in [2.24, 2.45) is 0 Å². The minimum absolute atomic E-state index is 0.0760. The Morgan fingerprint density at radius 3 is 2.31 bits per heavy atom. The zero-order valence-electron chi connectivity index (χ0n) is 35.2. The molecule has 0 fully saturated rings. The molecule has 2 aromatic carbocycles. The number of nitrogens with one attached hydrogen (secondary N) is 1. The molecule has 0 aliphatic heterocycles. The van der Waals surface area contributed by atoms with Gasteiger partial charge in [-0.3, -0.25) is 14.5 Å². The van der Waals surface area contributed by atoms with Crippen LogP contribution in [0.1, 0.15) is 49.8 Å². The highest BCUT2D eigenvalue weighted by Gasteiger charge is 2.17. The molecule has 0 atom stereocenters. The highest BCUT2D eigenvalue weighted by atomic mass is 32.2. The van der Waals surface area contributed by atoms with Gasteiger partial charge >= 0.3 is 0 Å². The molecule has 3 rings (SSSR count). The largest absolute Gasteiger partial charge is 0.372 e. The van der Waals surface area contributed by atoms with Crippen LogP contribution < -0.4 is 9.62 Å². The molecule has 0 spiro atoms. The quantitative estimate of drug-likeness (QED) is 0.392. The molecule has 1 heterocycles. The molecule has 35 heavy (non-hydrogen) atoms. The van der Waals surface area contributed by atoms with Crippen LogP contribution in [0.2, 0.25) is 0 Å². The number of sulfonamides is 1. The fraction of sp³-hybridized carbons (Fsp3) is 0.346. The van der Waals surface area contributed by atoms with Gasteiger partial charge in [-0.05, 0) is 26.4 Å². The molecule has 186 valence electrons. The van der Waals surface area contributed by atoms with Gasteiger partial charge in [-0.15, -0.1) is 0 Å². The van der Waals surface area contributed by atoms with E-state index in [-0.39, 0.29) is 17.0 Å². The third-order valence-corrected chi connectivity index (χ3v) is 4.62. The van der Waals surface area contributed by atoms with E-state index in [0.717, 1.165) is 4.72 Å². The summed E-state index contributed by atoms with van der Waals surface area (Å²) in [6, 6.07) is 11.6. The highest BCUT2D eigenvalue weighted by molar-refractivity contribution is 7.89. The average Bonchev–Trinajstić information content (AvgIpc) is 2.99.